The quantitative estimate of drug-likeness (QED) is 0.209. The molecule has 0 aliphatic heterocycles. The van der Waals surface area contributed by atoms with E-state index in [2.05, 4.69) is 22.6 Å². The van der Waals surface area contributed by atoms with E-state index < -0.39 is 17.7 Å². The van der Waals surface area contributed by atoms with Gasteiger partial charge in [0, 0.05) is 6.08 Å². The van der Waals surface area contributed by atoms with E-state index >= 15 is 0 Å². The summed E-state index contributed by atoms with van der Waals surface area (Å²) in [5.74, 6) is -1.86. The molecule has 0 radical (unpaired) electrons. The van der Waals surface area contributed by atoms with Gasteiger partial charge in [0.05, 0.1) is 5.57 Å². The van der Waals surface area contributed by atoms with E-state index in [1.165, 1.54) is 6.92 Å². The minimum absolute atomic E-state index is 0.0816. The first-order valence-electron chi connectivity index (χ1n) is 4.15. The lowest BCUT2D eigenvalue weighted by molar-refractivity contribution is -0.147. The lowest BCUT2D eigenvalue weighted by Crippen LogP contribution is -2.16. The molecule has 0 spiro atoms. The highest BCUT2D eigenvalue weighted by Gasteiger charge is 2.12. The average molecular weight is 212 g/mol. The van der Waals surface area contributed by atoms with Crippen LogP contribution in [0.4, 0.5) is 0 Å². The molecule has 0 aliphatic rings. The maximum Gasteiger partial charge on any atom is 0.341 e. The molecule has 0 amide bonds. The molecule has 0 bridgehead atoms. The zero-order chi connectivity index (χ0) is 11.8. The Morgan fingerprint density at radius 2 is 1.73 bits per heavy atom. The normalized spacial score (nSPS) is 8.87. The first-order valence-corrected chi connectivity index (χ1v) is 4.15. The lowest BCUT2D eigenvalue weighted by atomic mass is 10.2. The number of carbonyl (C=O) groups is 3. The standard InChI is InChI=1S/C10H12O5/c1-4-9(12)14-5-6-15-10(13)7(2)8(3)11/h4H,1-2,5-6H2,3H3. The van der Waals surface area contributed by atoms with E-state index in [9.17, 15) is 14.4 Å². The van der Waals surface area contributed by atoms with Crippen molar-refractivity contribution in [2.24, 2.45) is 0 Å². The van der Waals surface area contributed by atoms with Crippen LogP contribution in [0, 0.1) is 0 Å². The van der Waals surface area contributed by atoms with Gasteiger partial charge >= 0.3 is 11.9 Å². The minimum Gasteiger partial charge on any atom is -0.459 e. The van der Waals surface area contributed by atoms with Gasteiger partial charge in [-0.05, 0) is 6.92 Å². The third-order valence-electron chi connectivity index (χ3n) is 1.40. The van der Waals surface area contributed by atoms with Crippen molar-refractivity contribution in [1.82, 2.24) is 0 Å². The van der Waals surface area contributed by atoms with Gasteiger partial charge in [-0.25, -0.2) is 9.59 Å². The van der Waals surface area contributed by atoms with Gasteiger partial charge in [-0.3, -0.25) is 4.79 Å². The molecule has 0 fully saturated rings. The highest BCUT2D eigenvalue weighted by Crippen LogP contribution is 1.96. The molecule has 0 aliphatic carbocycles. The molecule has 0 saturated carbocycles. The van der Waals surface area contributed by atoms with E-state index in [4.69, 9.17) is 0 Å². The van der Waals surface area contributed by atoms with Crippen LogP contribution >= 0.6 is 0 Å². The molecule has 82 valence electrons. The summed E-state index contributed by atoms with van der Waals surface area (Å²) < 4.78 is 9.12. The third-order valence-corrected chi connectivity index (χ3v) is 1.40. The van der Waals surface area contributed by atoms with Crippen LogP contribution in [0.3, 0.4) is 0 Å². The maximum absolute atomic E-state index is 11.0. The Balaban J connectivity index is 3.73. The van der Waals surface area contributed by atoms with Gasteiger partial charge in [0.25, 0.3) is 0 Å². The maximum atomic E-state index is 11.0. The van der Waals surface area contributed by atoms with E-state index in [1.807, 2.05) is 0 Å². The number of carbonyl (C=O) groups excluding carboxylic acids is 3. The van der Waals surface area contributed by atoms with Crippen LogP contribution in [0.1, 0.15) is 6.92 Å². The van der Waals surface area contributed by atoms with Crippen LogP contribution in [0.25, 0.3) is 0 Å². The summed E-state index contributed by atoms with van der Waals surface area (Å²) in [6, 6.07) is 0. The van der Waals surface area contributed by atoms with Gasteiger partial charge in [-0.15, -0.1) is 0 Å². The topological polar surface area (TPSA) is 69.7 Å². The molecule has 0 aromatic rings. The average Bonchev–Trinajstić information content (AvgIpc) is 2.22. The Labute approximate surface area is 87.4 Å². The highest BCUT2D eigenvalue weighted by atomic mass is 16.6. The Morgan fingerprint density at radius 3 is 2.20 bits per heavy atom. The second-order valence-corrected chi connectivity index (χ2v) is 2.54. The van der Waals surface area contributed by atoms with E-state index in [1.54, 1.807) is 0 Å². The first-order chi connectivity index (χ1) is 6.99. The molecule has 0 rings (SSSR count). The van der Waals surface area contributed by atoms with E-state index in [0.717, 1.165) is 6.08 Å². The van der Waals surface area contributed by atoms with Crippen molar-refractivity contribution in [3.63, 3.8) is 0 Å². The van der Waals surface area contributed by atoms with Gasteiger partial charge in [-0.2, -0.15) is 0 Å². The van der Waals surface area contributed by atoms with Crippen LogP contribution in [-0.2, 0) is 23.9 Å². The summed E-state index contributed by atoms with van der Waals surface area (Å²) >= 11 is 0. The molecule has 0 heterocycles. The number of Topliss-reactive ketones (excluding diaryl/α,β-unsaturated/α-hetero) is 1. The number of hydrogen-bond acceptors (Lipinski definition) is 5. The Hall–Kier alpha value is -1.91. The molecular weight excluding hydrogens is 200 g/mol. The van der Waals surface area contributed by atoms with Gasteiger partial charge < -0.3 is 9.47 Å². The van der Waals surface area contributed by atoms with E-state index in [-0.39, 0.29) is 18.8 Å². The second kappa shape index (κ2) is 6.53. The van der Waals surface area contributed by atoms with Crippen LogP contribution < -0.4 is 0 Å². The van der Waals surface area contributed by atoms with Crippen molar-refractivity contribution in [1.29, 1.82) is 0 Å². The summed E-state index contributed by atoms with van der Waals surface area (Å²) in [5, 5.41) is 0. The van der Waals surface area contributed by atoms with E-state index in [0.29, 0.717) is 0 Å². The Morgan fingerprint density at radius 1 is 1.20 bits per heavy atom. The lowest BCUT2D eigenvalue weighted by Gasteiger charge is -2.04. The summed E-state index contributed by atoms with van der Waals surface area (Å²) in [6.07, 6.45) is 0.996. The zero-order valence-corrected chi connectivity index (χ0v) is 8.45. The van der Waals surface area contributed by atoms with Gasteiger partial charge in [0.15, 0.2) is 5.78 Å². The predicted molar refractivity (Wildman–Crippen MR) is 51.9 cm³/mol. The molecule has 0 atom stereocenters. The third kappa shape index (κ3) is 5.41. The Kier molecular flexibility index (Phi) is 5.70. The minimum atomic E-state index is -0.808. The second-order valence-electron chi connectivity index (χ2n) is 2.54. The number of rotatable bonds is 6. The van der Waals surface area contributed by atoms with Crippen LogP contribution in [0.2, 0.25) is 0 Å². The summed E-state index contributed by atoms with van der Waals surface area (Å²) in [4.78, 5) is 32.2. The van der Waals surface area contributed by atoms with Gasteiger partial charge in [-0.1, -0.05) is 13.2 Å². The molecule has 15 heavy (non-hydrogen) atoms. The Bertz CT molecular complexity index is 303. The summed E-state index contributed by atoms with van der Waals surface area (Å²) in [6.45, 7) is 7.43. The van der Waals surface area contributed by atoms with Gasteiger partial charge in [0.1, 0.15) is 13.2 Å². The molecular formula is C10H12O5. The summed E-state index contributed by atoms with van der Waals surface area (Å²) in [7, 11) is 0. The van der Waals surface area contributed by atoms with Crippen LogP contribution in [0.5, 0.6) is 0 Å². The first kappa shape index (κ1) is 13.1. The number of ketones is 1. The van der Waals surface area contributed by atoms with Crippen LogP contribution in [0.15, 0.2) is 24.8 Å². The number of esters is 2. The number of hydrogen-bond donors (Lipinski definition) is 0. The van der Waals surface area contributed by atoms with Crippen LogP contribution in [-0.4, -0.2) is 30.9 Å². The highest BCUT2D eigenvalue weighted by molar-refractivity contribution is 6.15. The van der Waals surface area contributed by atoms with Crippen molar-refractivity contribution in [3.8, 4) is 0 Å². The molecule has 0 aromatic heterocycles. The molecule has 0 N–H and O–H groups in total. The summed E-state index contributed by atoms with van der Waals surface area (Å²) in [5.41, 5.74) is -0.231. The molecule has 0 unspecified atom stereocenters. The van der Waals surface area contributed by atoms with Crippen molar-refractivity contribution >= 4 is 17.7 Å². The smallest absolute Gasteiger partial charge is 0.341 e. The molecule has 5 nitrogen and oxygen atoms in total. The predicted octanol–water partition coefficient (Wildman–Crippen LogP) is 0.404. The molecule has 0 aromatic carbocycles. The molecule has 0 saturated heterocycles. The monoisotopic (exact) mass is 212 g/mol. The SMILES string of the molecule is C=CC(=O)OCCOC(=O)C(=C)C(C)=O. The van der Waals surface area contributed by atoms with Crippen molar-refractivity contribution < 1.29 is 23.9 Å². The van der Waals surface area contributed by atoms with Gasteiger partial charge in [0.2, 0.25) is 0 Å². The van der Waals surface area contributed by atoms with Crippen molar-refractivity contribution in [2.45, 2.75) is 6.92 Å². The fourth-order valence-corrected chi connectivity index (χ4v) is 0.566. The number of ether oxygens (including phenoxy) is 2. The van der Waals surface area contributed by atoms with Crippen molar-refractivity contribution in [2.75, 3.05) is 13.2 Å². The van der Waals surface area contributed by atoms with Crippen molar-refractivity contribution in [3.05, 3.63) is 24.8 Å². The zero-order valence-electron chi connectivity index (χ0n) is 8.45. The molecule has 5 heteroatoms. The fourth-order valence-electron chi connectivity index (χ4n) is 0.566. The fraction of sp³-hybridized carbons (Fsp3) is 0.300. The largest absolute Gasteiger partial charge is 0.459 e.